The van der Waals surface area contributed by atoms with Gasteiger partial charge in [-0.05, 0) is 31.2 Å². The van der Waals surface area contributed by atoms with E-state index in [-0.39, 0.29) is 18.8 Å². The van der Waals surface area contributed by atoms with Crippen LogP contribution in [0.1, 0.15) is 39.2 Å². The maximum absolute atomic E-state index is 12.9. The van der Waals surface area contributed by atoms with Gasteiger partial charge in [0.1, 0.15) is 12.1 Å². The third kappa shape index (κ3) is 10.5. The molecule has 12 nitrogen and oxygen atoms in total. The van der Waals surface area contributed by atoms with Gasteiger partial charge in [0.15, 0.2) is 6.04 Å². The molecule has 0 radical (unpaired) electrons. The largest absolute Gasteiger partial charge is 0.480 e. The van der Waals surface area contributed by atoms with Gasteiger partial charge in [-0.25, -0.2) is 4.79 Å². The molecule has 0 saturated carbocycles. The number of benzene rings is 1. The quantitative estimate of drug-likeness (QED) is 0.160. The van der Waals surface area contributed by atoms with E-state index in [1.807, 2.05) is 6.07 Å². The number of aliphatic hydroxyl groups is 1. The molecule has 0 aliphatic carbocycles. The molecule has 0 bridgehead atoms. The van der Waals surface area contributed by atoms with Gasteiger partial charge in [0.2, 0.25) is 23.6 Å². The van der Waals surface area contributed by atoms with Crippen molar-refractivity contribution in [3.05, 3.63) is 35.9 Å². The van der Waals surface area contributed by atoms with Gasteiger partial charge >= 0.3 is 5.97 Å². The summed E-state index contributed by atoms with van der Waals surface area (Å²) in [5, 5.41) is 25.9. The number of amides is 4. The zero-order chi connectivity index (χ0) is 26.7. The summed E-state index contributed by atoms with van der Waals surface area (Å²) in [7, 11) is 0. The highest BCUT2D eigenvalue weighted by atomic mass is 16.4. The van der Waals surface area contributed by atoms with Crippen molar-refractivity contribution in [3.8, 4) is 0 Å². The molecule has 1 aromatic carbocycles. The van der Waals surface area contributed by atoms with Gasteiger partial charge in [-0.15, -0.1) is 0 Å². The molecule has 0 aliphatic rings. The maximum Gasteiger partial charge on any atom is 0.328 e. The first kappa shape index (κ1) is 29.5. The molecule has 0 aliphatic heterocycles. The molecule has 5 unspecified atom stereocenters. The number of carboxylic acids is 1. The highest BCUT2D eigenvalue weighted by Gasteiger charge is 2.32. The third-order valence-corrected chi connectivity index (χ3v) is 5.06. The molecule has 1 aromatic rings. The van der Waals surface area contributed by atoms with Gasteiger partial charge in [0.25, 0.3) is 0 Å². The van der Waals surface area contributed by atoms with Crippen LogP contribution in [0.4, 0.5) is 0 Å². The first-order valence-electron chi connectivity index (χ1n) is 11.2. The minimum absolute atomic E-state index is 0.0932. The topological polar surface area (TPSA) is 214 Å². The van der Waals surface area contributed by atoms with Crippen molar-refractivity contribution < 1.29 is 34.2 Å². The minimum Gasteiger partial charge on any atom is -0.480 e. The van der Waals surface area contributed by atoms with Crippen molar-refractivity contribution in [3.63, 3.8) is 0 Å². The van der Waals surface area contributed by atoms with Gasteiger partial charge in [0.05, 0.1) is 18.6 Å². The third-order valence-electron chi connectivity index (χ3n) is 5.06. The molecule has 0 spiro atoms. The van der Waals surface area contributed by atoms with E-state index in [1.54, 1.807) is 38.1 Å². The van der Waals surface area contributed by atoms with Crippen molar-refractivity contribution >= 4 is 29.6 Å². The molecule has 35 heavy (non-hydrogen) atoms. The summed E-state index contributed by atoms with van der Waals surface area (Å²) < 4.78 is 0. The van der Waals surface area contributed by atoms with Gasteiger partial charge in [0, 0.05) is 0 Å². The fraction of sp³-hybridized carbons (Fsp3) is 0.522. The van der Waals surface area contributed by atoms with Crippen LogP contribution in [0.2, 0.25) is 0 Å². The van der Waals surface area contributed by atoms with Crippen LogP contribution in [0, 0.1) is 5.92 Å². The average Bonchev–Trinajstić information content (AvgIpc) is 2.75. The Bertz CT molecular complexity index is 892. The van der Waals surface area contributed by atoms with Crippen LogP contribution < -0.4 is 27.4 Å². The van der Waals surface area contributed by atoms with Crippen LogP contribution in [0.3, 0.4) is 0 Å². The van der Waals surface area contributed by atoms with Crippen molar-refractivity contribution in [1.82, 2.24) is 16.0 Å². The molecular formula is C23H35N5O7. The number of carbonyl (C=O) groups excluding carboxylic acids is 4. The molecule has 0 saturated heterocycles. The lowest BCUT2D eigenvalue weighted by Gasteiger charge is -2.26. The van der Waals surface area contributed by atoms with E-state index in [4.69, 9.17) is 11.5 Å². The number of aliphatic hydroxyl groups excluding tert-OH is 1. The van der Waals surface area contributed by atoms with Crippen LogP contribution >= 0.6 is 0 Å². The molecule has 0 aromatic heterocycles. The van der Waals surface area contributed by atoms with E-state index in [2.05, 4.69) is 16.0 Å². The molecule has 12 heteroatoms. The second kappa shape index (κ2) is 14.0. The Hall–Kier alpha value is -3.51. The number of nitrogens with two attached hydrogens (primary N) is 2. The summed E-state index contributed by atoms with van der Waals surface area (Å²) in [6.07, 6.45) is -1.63. The lowest BCUT2D eigenvalue weighted by molar-refractivity contribution is -0.145. The predicted octanol–water partition coefficient (Wildman–Crippen LogP) is -1.60. The lowest BCUT2D eigenvalue weighted by atomic mass is 10.0. The van der Waals surface area contributed by atoms with Crippen molar-refractivity contribution in [2.45, 2.75) is 70.3 Å². The van der Waals surface area contributed by atoms with Crippen LogP contribution in [0.15, 0.2) is 30.3 Å². The Morgan fingerprint density at radius 1 is 0.886 bits per heavy atom. The van der Waals surface area contributed by atoms with E-state index < -0.39 is 66.3 Å². The van der Waals surface area contributed by atoms with E-state index in [0.717, 1.165) is 5.56 Å². The number of rotatable bonds is 14. The highest BCUT2D eigenvalue weighted by molar-refractivity contribution is 5.96. The van der Waals surface area contributed by atoms with Crippen LogP contribution in [0.5, 0.6) is 0 Å². The fourth-order valence-electron chi connectivity index (χ4n) is 3.27. The minimum atomic E-state index is -1.59. The zero-order valence-electron chi connectivity index (χ0n) is 20.1. The number of hydrogen-bond acceptors (Lipinski definition) is 7. The average molecular weight is 494 g/mol. The first-order chi connectivity index (χ1) is 16.3. The van der Waals surface area contributed by atoms with E-state index in [0.29, 0.717) is 0 Å². The van der Waals surface area contributed by atoms with E-state index in [1.165, 1.54) is 6.92 Å². The molecule has 4 amide bonds. The molecular weight excluding hydrogens is 458 g/mol. The Morgan fingerprint density at radius 2 is 1.43 bits per heavy atom. The first-order valence-corrected chi connectivity index (χ1v) is 11.2. The van der Waals surface area contributed by atoms with E-state index >= 15 is 0 Å². The monoisotopic (exact) mass is 493 g/mol. The molecule has 9 N–H and O–H groups in total. The molecule has 5 atom stereocenters. The van der Waals surface area contributed by atoms with Crippen LogP contribution in [-0.4, -0.2) is 70.1 Å². The summed E-state index contributed by atoms with van der Waals surface area (Å²) in [6.45, 7) is 4.76. The lowest BCUT2D eigenvalue weighted by Crippen LogP contribution is -2.59. The van der Waals surface area contributed by atoms with Gasteiger partial charge in [-0.2, -0.15) is 0 Å². The normalized spacial score (nSPS) is 15.3. The number of primary amides is 1. The number of nitrogens with one attached hydrogen (secondary N) is 3. The summed E-state index contributed by atoms with van der Waals surface area (Å²) in [6, 6.07) is 3.74. The van der Waals surface area contributed by atoms with Crippen molar-refractivity contribution in [2.75, 3.05) is 0 Å². The Kier molecular flexibility index (Phi) is 11.8. The van der Waals surface area contributed by atoms with Crippen molar-refractivity contribution in [2.24, 2.45) is 17.4 Å². The number of carbonyl (C=O) groups is 5. The van der Waals surface area contributed by atoms with Crippen molar-refractivity contribution in [1.29, 1.82) is 0 Å². The molecule has 194 valence electrons. The number of aliphatic carboxylic acids is 1. The van der Waals surface area contributed by atoms with Crippen LogP contribution in [-0.2, 0) is 30.4 Å². The molecule has 0 fully saturated rings. The highest BCUT2D eigenvalue weighted by Crippen LogP contribution is 2.08. The second-order valence-electron chi connectivity index (χ2n) is 8.78. The van der Waals surface area contributed by atoms with Crippen LogP contribution in [0.25, 0.3) is 0 Å². The number of hydrogen-bond donors (Lipinski definition) is 7. The summed E-state index contributed by atoms with van der Waals surface area (Å²) in [4.78, 5) is 61.1. The molecule has 0 heterocycles. The smallest absolute Gasteiger partial charge is 0.328 e. The van der Waals surface area contributed by atoms with Gasteiger partial charge in [-0.3, -0.25) is 19.2 Å². The van der Waals surface area contributed by atoms with E-state index in [9.17, 15) is 34.2 Å². The van der Waals surface area contributed by atoms with Gasteiger partial charge < -0.3 is 37.6 Å². The standard InChI is InChI=1S/C23H35N5O7/c1-12(2)9-16(22(33)28-19(13(3)29)23(34)35)27-21(32)17(11-18(25)30)26-20(31)15(24)10-14-7-5-4-6-8-14/h4-8,12-13,15-17,19,29H,9-11,24H2,1-3H3,(H2,25,30)(H,26,31)(H,27,32)(H,28,33)(H,34,35). The predicted molar refractivity (Wildman–Crippen MR) is 126 cm³/mol. The van der Waals surface area contributed by atoms with Gasteiger partial charge in [-0.1, -0.05) is 44.2 Å². The Balaban J connectivity index is 2.97. The number of carboxylic acid groups (broad SMARTS) is 1. The molecule has 1 rings (SSSR count). The zero-order valence-corrected chi connectivity index (χ0v) is 20.1. The Morgan fingerprint density at radius 3 is 1.91 bits per heavy atom. The fourth-order valence-corrected chi connectivity index (χ4v) is 3.27. The SMILES string of the molecule is CC(C)CC(NC(=O)C(CC(N)=O)NC(=O)C(N)Cc1ccccc1)C(=O)NC(C(=O)O)C(C)O. The summed E-state index contributed by atoms with van der Waals surface area (Å²) in [5.74, 6) is -4.81. The summed E-state index contributed by atoms with van der Waals surface area (Å²) >= 11 is 0. The maximum atomic E-state index is 12.9. The Labute approximate surface area is 203 Å². The summed E-state index contributed by atoms with van der Waals surface area (Å²) in [5.41, 5.74) is 12.0. The second-order valence-corrected chi connectivity index (χ2v) is 8.78.